The number of aromatic nitrogens is 3. The average Bonchev–Trinajstić information content (AvgIpc) is 3.73. The first-order valence-electron chi connectivity index (χ1n) is 13.9. The number of hydrogen-bond donors (Lipinski definition) is 1. The minimum absolute atomic E-state index is 0.0470. The molecular formula is C29H37N5O5. The Morgan fingerprint density at radius 1 is 1.13 bits per heavy atom. The van der Waals surface area contributed by atoms with Crippen molar-refractivity contribution < 1.29 is 23.8 Å². The topological polar surface area (TPSA) is 108 Å². The Morgan fingerprint density at radius 3 is 2.69 bits per heavy atom. The van der Waals surface area contributed by atoms with Crippen molar-refractivity contribution in [3.05, 3.63) is 48.0 Å². The highest BCUT2D eigenvalue weighted by atomic mass is 16.5. The van der Waals surface area contributed by atoms with E-state index >= 15 is 0 Å². The summed E-state index contributed by atoms with van der Waals surface area (Å²) in [5.41, 5.74) is 2.13. The lowest BCUT2D eigenvalue weighted by Gasteiger charge is -2.34. The van der Waals surface area contributed by atoms with Crippen LogP contribution in [0, 0.1) is 0 Å². The molecule has 0 spiro atoms. The van der Waals surface area contributed by atoms with Gasteiger partial charge in [-0.2, -0.15) is 0 Å². The van der Waals surface area contributed by atoms with Gasteiger partial charge in [-0.3, -0.25) is 9.59 Å². The number of carbonyl (C=O) groups excluding carboxylic acids is 2. The van der Waals surface area contributed by atoms with Gasteiger partial charge in [-0.05, 0) is 62.4 Å². The molecule has 2 atom stereocenters. The number of hydrogen-bond acceptors (Lipinski definition) is 7. The fourth-order valence-electron chi connectivity index (χ4n) is 5.56. The van der Waals surface area contributed by atoms with Crippen molar-refractivity contribution in [2.24, 2.45) is 0 Å². The molecule has 3 aromatic rings. The van der Waals surface area contributed by atoms with Gasteiger partial charge in [-0.1, -0.05) is 36.3 Å². The zero-order valence-corrected chi connectivity index (χ0v) is 22.7. The van der Waals surface area contributed by atoms with E-state index in [-0.39, 0.29) is 30.5 Å². The summed E-state index contributed by atoms with van der Waals surface area (Å²) in [6.07, 6.45) is 5.67. The lowest BCUT2D eigenvalue weighted by Crippen LogP contribution is -2.49. The molecule has 10 nitrogen and oxygen atoms in total. The highest BCUT2D eigenvalue weighted by molar-refractivity contribution is 5.89. The molecule has 1 saturated carbocycles. The zero-order chi connectivity index (χ0) is 27.2. The lowest BCUT2D eigenvalue weighted by atomic mass is 10.0. The van der Waals surface area contributed by atoms with Crippen molar-refractivity contribution in [1.29, 1.82) is 0 Å². The van der Waals surface area contributed by atoms with Crippen LogP contribution in [0.15, 0.2) is 42.5 Å². The number of benzene rings is 2. The molecule has 2 aliphatic rings. The van der Waals surface area contributed by atoms with Crippen molar-refractivity contribution in [3.8, 4) is 11.5 Å². The molecule has 2 fully saturated rings. The van der Waals surface area contributed by atoms with Crippen molar-refractivity contribution in [1.82, 2.24) is 25.2 Å². The Balaban J connectivity index is 1.51. The number of nitrogens with zero attached hydrogens (tertiary/aromatic N) is 4. The number of rotatable bonds is 11. The van der Waals surface area contributed by atoms with E-state index in [1.165, 1.54) is 0 Å². The molecule has 5 rings (SSSR count). The summed E-state index contributed by atoms with van der Waals surface area (Å²) < 4.78 is 18.8. The summed E-state index contributed by atoms with van der Waals surface area (Å²) in [6.45, 7) is 3.28. The van der Waals surface area contributed by atoms with Gasteiger partial charge < -0.3 is 24.4 Å². The van der Waals surface area contributed by atoms with Gasteiger partial charge in [-0.15, -0.1) is 5.10 Å². The number of methoxy groups -OCH3 is 1. The van der Waals surface area contributed by atoms with E-state index in [2.05, 4.69) is 15.6 Å². The molecule has 1 aromatic heterocycles. The van der Waals surface area contributed by atoms with Gasteiger partial charge in [0.25, 0.3) is 0 Å². The fourth-order valence-corrected chi connectivity index (χ4v) is 5.56. The van der Waals surface area contributed by atoms with Crippen LogP contribution >= 0.6 is 0 Å². The first-order valence-corrected chi connectivity index (χ1v) is 13.9. The maximum atomic E-state index is 14.1. The van der Waals surface area contributed by atoms with Crippen LogP contribution in [0.4, 0.5) is 0 Å². The van der Waals surface area contributed by atoms with E-state index in [1.807, 2.05) is 37.3 Å². The third kappa shape index (κ3) is 6.16. The monoisotopic (exact) mass is 535 g/mol. The molecular weight excluding hydrogens is 498 g/mol. The first kappa shape index (κ1) is 26.9. The average molecular weight is 536 g/mol. The second-order valence-corrected chi connectivity index (χ2v) is 10.2. The number of carbonyl (C=O) groups is 2. The Kier molecular flexibility index (Phi) is 8.61. The van der Waals surface area contributed by atoms with E-state index in [4.69, 9.17) is 14.2 Å². The third-order valence-corrected chi connectivity index (χ3v) is 7.51. The Bertz CT molecular complexity index is 1280. The highest BCUT2D eigenvalue weighted by Crippen LogP contribution is 2.34. The molecule has 2 heterocycles. The molecule has 2 aromatic carbocycles. The summed E-state index contributed by atoms with van der Waals surface area (Å²) in [5, 5.41) is 11.6. The molecule has 1 aliphatic heterocycles. The van der Waals surface area contributed by atoms with Gasteiger partial charge >= 0.3 is 0 Å². The summed E-state index contributed by atoms with van der Waals surface area (Å²) in [5.74, 6) is 0.660. The first-order chi connectivity index (χ1) is 19.1. The number of fused-ring (bicyclic) bond motifs is 1. The Hall–Kier alpha value is -3.66. The number of para-hydroxylation sites is 1. The third-order valence-electron chi connectivity index (χ3n) is 7.51. The Morgan fingerprint density at radius 2 is 1.95 bits per heavy atom. The van der Waals surface area contributed by atoms with Crippen molar-refractivity contribution >= 4 is 22.8 Å². The van der Waals surface area contributed by atoms with E-state index in [1.54, 1.807) is 28.8 Å². The molecule has 10 heteroatoms. The molecule has 0 radical (unpaired) electrons. The predicted octanol–water partition coefficient (Wildman–Crippen LogP) is 3.65. The smallest absolute Gasteiger partial charge is 0.247 e. The molecule has 208 valence electrons. The molecule has 2 unspecified atom stereocenters. The van der Waals surface area contributed by atoms with Crippen molar-refractivity contribution in [2.45, 2.75) is 70.2 Å². The normalized spacial score (nSPS) is 18.3. The van der Waals surface area contributed by atoms with Gasteiger partial charge in [0.05, 0.1) is 25.3 Å². The summed E-state index contributed by atoms with van der Waals surface area (Å²) in [7, 11) is 1.57. The highest BCUT2D eigenvalue weighted by Gasteiger charge is 2.36. The van der Waals surface area contributed by atoms with E-state index in [0.717, 1.165) is 44.0 Å². The summed E-state index contributed by atoms with van der Waals surface area (Å²) >= 11 is 0. The molecule has 1 saturated heterocycles. The van der Waals surface area contributed by atoms with Gasteiger partial charge in [0.2, 0.25) is 11.8 Å². The van der Waals surface area contributed by atoms with Crippen LogP contribution in [0.1, 0.15) is 57.1 Å². The predicted molar refractivity (Wildman–Crippen MR) is 146 cm³/mol. The second kappa shape index (κ2) is 12.5. The van der Waals surface area contributed by atoms with Crippen LogP contribution in [-0.2, 0) is 20.9 Å². The number of ether oxygens (including phenoxy) is 3. The van der Waals surface area contributed by atoms with E-state index in [0.29, 0.717) is 42.3 Å². The van der Waals surface area contributed by atoms with Crippen LogP contribution in [0.2, 0.25) is 0 Å². The Labute approximate surface area is 228 Å². The van der Waals surface area contributed by atoms with Crippen LogP contribution in [0.25, 0.3) is 11.0 Å². The largest absolute Gasteiger partial charge is 0.493 e. The molecule has 39 heavy (non-hydrogen) atoms. The number of nitrogens with one attached hydrogen (secondary N) is 1. The van der Waals surface area contributed by atoms with Crippen LogP contribution in [0.5, 0.6) is 11.5 Å². The molecule has 1 aliphatic carbocycles. The molecule has 2 amide bonds. The maximum absolute atomic E-state index is 14.1. The fraction of sp³-hybridized carbons (Fsp3) is 0.517. The van der Waals surface area contributed by atoms with Crippen LogP contribution in [0.3, 0.4) is 0 Å². The van der Waals surface area contributed by atoms with Gasteiger partial charge in [-0.25, -0.2) is 4.68 Å². The minimum Gasteiger partial charge on any atom is -0.493 e. The van der Waals surface area contributed by atoms with Gasteiger partial charge in [0.1, 0.15) is 18.1 Å². The second-order valence-electron chi connectivity index (χ2n) is 10.2. The maximum Gasteiger partial charge on any atom is 0.247 e. The molecule has 1 N–H and O–H groups in total. The van der Waals surface area contributed by atoms with Crippen molar-refractivity contribution in [2.75, 3.05) is 26.9 Å². The lowest BCUT2D eigenvalue weighted by molar-refractivity contribution is -0.143. The quantitative estimate of drug-likeness (QED) is 0.399. The summed E-state index contributed by atoms with van der Waals surface area (Å²) in [6, 6.07) is 12.2. The van der Waals surface area contributed by atoms with Crippen molar-refractivity contribution in [3.63, 3.8) is 0 Å². The van der Waals surface area contributed by atoms with Crippen LogP contribution < -0.4 is 14.8 Å². The number of amides is 2. The zero-order valence-electron chi connectivity index (χ0n) is 22.7. The minimum atomic E-state index is -0.873. The van der Waals surface area contributed by atoms with Gasteiger partial charge in [0, 0.05) is 19.2 Å². The molecule has 0 bridgehead atoms. The van der Waals surface area contributed by atoms with Crippen LogP contribution in [-0.4, -0.2) is 70.7 Å². The van der Waals surface area contributed by atoms with E-state index < -0.39 is 6.04 Å². The van der Waals surface area contributed by atoms with E-state index in [9.17, 15) is 9.59 Å². The van der Waals surface area contributed by atoms with Gasteiger partial charge in [0.15, 0.2) is 11.5 Å². The summed E-state index contributed by atoms with van der Waals surface area (Å²) in [4.78, 5) is 29.7. The standard InChI is InChI=1S/C29H37N5O5/c1-3-38-25-15-14-20(17-26(25)37-2)28(29(36)30-21-9-4-5-10-21)33(18-22-11-8-16-39-22)27(35)19-34-24-13-7-6-12-23(24)31-32-34/h6-7,12-15,17,21-22,28H,3-5,8-11,16,18-19H2,1-2H3,(H,30,36). The SMILES string of the molecule is CCOc1ccc(C(C(=O)NC2CCCC2)N(CC2CCCO2)C(=O)Cn2nnc3ccccc32)cc1OC.